The highest BCUT2D eigenvalue weighted by Gasteiger charge is 2.21. The molecule has 1 aromatic carbocycles. The van der Waals surface area contributed by atoms with Gasteiger partial charge in [0.25, 0.3) is 0 Å². The summed E-state index contributed by atoms with van der Waals surface area (Å²) >= 11 is 0. The summed E-state index contributed by atoms with van der Waals surface area (Å²) in [6.45, 7) is 1.53. The maximum atomic E-state index is 13.6. The highest BCUT2D eigenvalue weighted by atomic mass is 19.1. The van der Waals surface area contributed by atoms with Gasteiger partial charge in [-0.3, -0.25) is 4.79 Å². The summed E-state index contributed by atoms with van der Waals surface area (Å²) < 4.78 is 26.4. The van der Waals surface area contributed by atoms with Crippen molar-refractivity contribution in [3.05, 3.63) is 35.4 Å². The number of hydrogen-bond donors (Lipinski definition) is 0. The molecule has 0 aliphatic carbocycles. The number of amides is 1. The minimum absolute atomic E-state index is 0.0585. The maximum Gasteiger partial charge on any atom is 0.222 e. The average Bonchev–Trinajstić information content (AvgIpc) is 2.72. The van der Waals surface area contributed by atoms with Crippen molar-refractivity contribution in [3.8, 4) is 0 Å². The zero-order chi connectivity index (χ0) is 16.1. The smallest absolute Gasteiger partial charge is 0.222 e. The van der Waals surface area contributed by atoms with Crippen molar-refractivity contribution in [3.63, 3.8) is 0 Å². The van der Waals surface area contributed by atoms with E-state index in [1.165, 1.54) is 12.1 Å². The number of carbonyl (C=O) groups excluding carboxylic acids is 1. The molecule has 1 unspecified atom stereocenters. The van der Waals surface area contributed by atoms with Crippen LogP contribution in [0.4, 0.5) is 8.78 Å². The molecule has 3 nitrogen and oxygen atoms in total. The van der Waals surface area contributed by atoms with Crippen LogP contribution in [0.1, 0.15) is 31.2 Å². The number of benzene rings is 1. The first-order chi connectivity index (χ1) is 10.5. The van der Waals surface area contributed by atoms with Crippen LogP contribution in [-0.4, -0.2) is 48.9 Å². The Labute approximate surface area is 130 Å². The molecule has 0 spiro atoms. The Balaban J connectivity index is 1.87. The first-order valence-corrected chi connectivity index (χ1v) is 7.85. The van der Waals surface area contributed by atoms with Crippen LogP contribution in [0.25, 0.3) is 0 Å². The van der Waals surface area contributed by atoms with Gasteiger partial charge in [0, 0.05) is 31.6 Å². The van der Waals surface area contributed by atoms with Crippen molar-refractivity contribution in [1.82, 2.24) is 9.80 Å². The molecule has 0 bridgehead atoms. The third kappa shape index (κ3) is 4.50. The topological polar surface area (TPSA) is 23.6 Å². The molecule has 5 heteroatoms. The molecule has 0 radical (unpaired) electrons. The molecular weight excluding hydrogens is 286 g/mol. The zero-order valence-electron chi connectivity index (χ0n) is 13.3. The second-order valence-corrected chi connectivity index (χ2v) is 6.16. The molecule has 1 aliphatic rings. The predicted molar refractivity (Wildman–Crippen MR) is 82.6 cm³/mol. The molecule has 0 N–H and O–H groups in total. The lowest BCUT2D eigenvalue weighted by molar-refractivity contribution is -0.131. The maximum absolute atomic E-state index is 13.6. The summed E-state index contributed by atoms with van der Waals surface area (Å²) in [5, 5.41) is 0. The second kappa shape index (κ2) is 7.68. The van der Waals surface area contributed by atoms with E-state index >= 15 is 0 Å². The van der Waals surface area contributed by atoms with Crippen LogP contribution in [0.2, 0.25) is 0 Å². The fourth-order valence-electron chi connectivity index (χ4n) is 2.97. The third-order valence-electron chi connectivity index (χ3n) is 4.40. The van der Waals surface area contributed by atoms with Crippen LogP contribution >= 0.6 is 0 Å². The largest absolute Gasteiger partial charge is 0.343 e. The third-order valence-corrected chi connectivity index (χ3v) is 4.40. The quantitative estimate of drug-likeness (QED) is 0.854. The minimum atomic E-state index is -0.588. The summed E-state index contributed by atoms with van der Waals surface area (Å²) in [6.07, 6.45) is 3.67. The van der Waals surface area contributed by atoms with Crippen molar-refractivity contribution < 1.29 is 13.6 Å². The van der Waals surface area contributed by atoms with Crippen LogP contribution < -0.4 is 0 Å². The van der Waals surface area contributed by atoms with Crippen molar-refractivity contribution in [1.29, 1.82) is 0 Å². The summed E-state index contributed by atoms with van der Waals surface area (Å²) in [5.41, 5.74) is 0.399. The van der Waals surface area contributed by atoms with E-state index in [9.17, 15) is 13.6 Å². The molecule has 1 amide bonds. The predicted octanol–water partition coefficient (Wildman–Crippen LogP) is 2.84. The molecule has 1 aromatic rings. The Kier molecular flexibility index (Phi) is 5.89. The standard InChI is InChI=1S/C17H24F2N2O/c1-20(2)15-4-3-10-21(11-9-15)17(22)8-6-13-5-7-14(18)12-16(13)19/h5,7,12,15H,3-4,6,8-11H2,1-2H3. The SMILES string of the molecule is CN(C)C1CCCN(C(=O)CCc2ccc(F)cc2F)CC1. The molecule has 0 saturated carbocycles. The van der Waals surface area contributed by atoms with Crippen molar-refractivity contribution in [2.45, 2.75) is 38.1 Å². The number of carbonyl (C=O) groups is 1. The molecule has 1 aliphatic heterocycles. The molecule has 1 saturated heterocycles. The molecule has 2 rings (SSSR count). The molecular formula is C17H24F2N2O. The summed E-state index contributed by atoms with van der Waals surface area (Å²) in [6, 6.07) is 4.04. The molecule has 0 aromatic heterocycles. The van der Waals surface area contributed by atoms with E-state index in [4.69, 9.17) is 0 Å². The first kappa shape index (κ1) is 16.9. The van der Waals surface area contributed by atoms with Gasteiger partial charge in [0.1, 0.15) is 11.6 Å². The summed E-state index contributed by atoms with van der Waals surface area (Å²) in [4.78, 5) is 16.4. The molecule has 1 atom stereocenters. The second-order valence-electron chi connectivity index (χ2n) is 6.16. The number of aryl methyl sites for hydroxylation is 1. The number of likely N-dealkylation sites (tertiary alicyclic amines) is 1. The lowest BCUT2D eigenvalue weighted by Gasteiger charge is -2.23. The lowest BCUT2D eigenvalue weighted by Crippen LogP contribution is -2.34. The van der Waals surface area contributed by atoms with Gasteiger partial charge in [-0.15, -0.1) is 0 Å². The minimum Gasteiger partial charge on any atom is -0.343 e. The summed E-state index contributed by atoms with van der Waals surface area (Å²) in [5.74, 6) is -1.10. The number of halogens is 2. The fraction of sp³-hybridized carbons (Fsp3) is 0.588. The number of hydrogen-bond acceptors (Lipinski definition) is 2. The van der Waals surface area contributed by atoms with E-state index < -0.39 is 11.6 Å². The molecule has 22 heavy (non-hydrogen) atoms. The Morgan fingerprint density at radius 3 is 2.73 bits per heavy atom. The van der Waals surface area contributed by atoms with Gasteiger partial charge >= 0.3 is 0 Å². The van der Waals surface area contributed by atoms with Crippen molar-refractivity contribution >= 4 is 5.91 Å². The highest BCUT2D eigenvalue weighted by Crippen LogP contribution is 2.17. The van der Waals surface area contributed by atoms with Gasteiger partial charge in [-0.05, 0) is 51.4 Å². The average molecular weight is 310 g/mol. The molecule has 1 fully saturated rings. The number of nitrogens with zero attached hydrogens (tertiary/aromatic N) is 2. The van der Waals surface area contributed by atoms with Crippen LogP contribution in [0, 0.1) is 11.6 Å². The fourth-order valence-corrected chi connectivity index (χ4v) is 2.97. The van der Waals surface area contributed by atoms with E-state index in [0.29, 0.717) is 18.0 Å². The van der Waals surface area contributed by atoms with Gasteiger partial charge < -0.3 is 9.80 Å². The van der Waals surface area contributed by atoms with E-state index in [1.807, 2.05) is 4.90 Å². The lowest BCUT2D eigenvalue weighted by atomic mass is 10.1. The number of rotatable bonds is 4. The van der Waals surface area contributed by atoms with Crippen molar-refractivity contribution in [2.75, 3.05) is 27.2 Å². The monoisotopic (exact) mass is 310 g/mol. The molecule has 122 valence electrons. The van der Waals surface area contributed by atoms with E-state index in [-0.39, 0.29) is 12.3 Å². The highest BCUT2D eigenvalue weighted by molar-refractivity contribution is 5.76. The van der Waals surface area contributed by atoms with E-state index in [1.54, 1.807) is 0 Å². The molecule has 1 heterocycles. The Morgan fingerprint density at radius 2 is 2.05 bits per heavy atom. The Morgan fingerprint density at radius 1 is 1.27 bits per heavy atom. The zero-order valence-corrected chi connectivity index (χ0v) is 13.3. The van der Waals surface area contributed by atoms with Gasteiger partial charge in [-0.2, -0.15) is 0 Å². The Hall–Kier alpha value is -1.49. The van der Waals surface area contributed by atoms with Gasteiger partial charge in [0.05, 0.1) is 0 Å². The summed E-state index contributed by atoms with van der Waals surface area (Å²) in [7, 11) is 4.14. The van der Waals surface area contributed by atoms with Crippen molar-refractivity contribution in [2.24, 2.45) is 0 Å². The van der Waals surface area contributed by atoms with Gasteiger partial charge in [0.2, 0.25) is 5.91 Å². The van der Waals surface area contributed by atoms with E-state index in [2.05, 4.69) is 19.0 Å². The van der Waals surface area contributed by atoms with E-state index in [0.717, 1.165) is 38.4 Å². The Bertz CT molecular complexity index is 519. The van der Waals surface area contributed by atoms with Gasteiger partial charge in [-0.1, -0.05) is 6.07 Å². The van der Waals surface area contributed by atoms with Crippen LogP contribution in [0.5, 0.6) is 0 Å². The normalized spacial score (nSPS) is 19.3. The van der Waals surface area contributed by atoms with Crippen LogP contribution in [0.3, 0.4) is 0 Å². The van der Waals surface area contributed by atoms with Crippen LogP contribution in [-0.2, 0) is 11.2 Å². The van der Waals surface area contributed by atoms with Crippen LogP contribution in [0.15, 0.2) is 18.2 Å². The van der Waals surface area contributed by atoms with Gasteiger partial charge in [-0.25, -0.2) is 8.78 Å². The first-order valence-electron chi connectivity index (χ1n) is 7.85. The van der Waals surface area contributed by atoms with Gasteiger partial charge in [0.15, 0.2) is 0 Å².